The Balaban J connectivity index is 2.82. The van der Waals surface area contributed by atoms with Gasteiger partial charge in [0, 0.05) is 24.8 Å². The van der Waals surface area contributed by atoms with E-state index in [0.29, 0.717) is 0 Å². The van der Waals surface area contributed by atoms with E-state index in [-0.39, 0.29) is 29.5 Å². The summed E-state index contributed by atoms with van der Waals surface area (Å²) in [5.74, 6) is -0.0356. The van der Waals surface area contributed by atoms with E-state index in [0.717, 1.165) is 0 Å². The smallest absolute Gasteiger partial charge is 0.311 e. The highest BCUT2D eigenvalue weighted by atomic mass is 16.6. The Morgan fingerprint density at radius 3 is 2.68 bits per heavy atom. The van der Waals surface area contributed by atoms with Crippen molar-refractivity contribution in [2.45, 2.75) is 26.3 Å². The van der Waals surface area contributed by atoms with Crippen LogP contribution in [-0.4, -0.2) is 34.9 Å². The third-order valence-corrected chi connectivity index (χ3v) is 2.22. The van der Waals surface area contributed by atoms with Gasteiger partial charge in [0.2, 0.25) is 11.7 Å². The third kappa shape index (κ3) is 4.53. The Hall–Kier alpha value is -2.18. The monoisotopic (exact) mass is 266 g/mol. The molecule has 0 saturated heterocycles. The SMILES string of the molecule is CN(CC(=O)NC(C)(C)C)c1ncccc1[N+](=O)[O-]. The Labute approximate surface area is 111 Å². The lowest BCUT2D eigenvalue weighted by molar-refractivity contribution is -0.384. The van der Waals surface area contributed by atoms with Gasteiger partial charge in [0.25, 0.3) is 0 Å². The van der Waals surface area contributed by atoms with Crippen molar-refractivity contribution in [2.75, 3.05) is 18.5 Å². The average Bonchev–Trinajstić information content (AvgIpc) is 2.26. The molecule has 0 spiro atoms. The molecule has 0 aliphatic rings. The third-order valence-electron chi connectivity index (χ3n) is 2.22. The molecule has 1 aromatic heterocycles. The van der Waals surface area contributed by atoms with Crippen molar-refractivity contribution >= 4 is 17.4 Å². The number of nitro groups is 1. The van der Waals surface area contributed by atoms with E-state index in [9.17, 15) is 14.9 Å². The molecule has 0 aliphatic heterocycles. The summed E-state index contributed by atoms with van der Waals surface area (Å²) in [7, 11) is 1.59. The number of pyridine rings is 1. The lowest BCUT2D eigenvalue weighted by atomic mass is 10.1. The molecular formula is C12H18N4O3. The molecule has 1 aromatic rings. The van der Waals surface area contributed by atoms with Crippen LogP contribution < -0.4 is 10.2 Å². The molecule has 0 saturated carbocycles. The van der Waals surface area contributed by atoms with Crippen molar-refractivity contribution < 1.29 is 9.72 Å². The van der Waals surface area contributed by atoms with Crippen LogP contribution in [0.3, 0.4) is 0 Å². The maximum Gasteiger partial charge on any atom is 0.311 e. The van der Waals surface area contributed by atoms with Gasteiger partial charge in [-0.15, -0.1) is 0 Å². The number of carbonyl (C=O) groups is 1. The van der Waals surface area contributed by atoms with Crippen LogP contribution in [-0.2, 0) is 4.79 Å². The predicted octanol–water partition coefficient (Wildman–Crippen LogP) is 1.34. The van der Waals surface area contributed by atoms with Crippen molar-refractivity contribution in [3.8, 4) is 0 Å². The van der Waals surface area contributed by atoms with Crippen molar-refractivity contribution in [3.63, 3.8) is 0 Å². The van der Waals surface area contributed by atoms with Gasteiger partial charge in [-0.3, -0.25) is 14.9 Å². The zero-order chi connectivity index (χ0) is 14.6. The molecule has 1 N–H and O–H groups in total. The van der Waals surface area contributed by atoms with E-state index in [4.69, 9.17) is 0 Å². The van der Waals surface area contributed by atoms with Crippen LogP contribution in [0.15, 0.2) is 18.3 Å². The summed E-state index contributed by atoms with van der Waals surface area (Å²) in [5, 5.41) is 13.7. The second-order valence-electron chi connectivity index (χ2n) is 5.26. The lowest BCUT2D eigenvalue weighted by Crippen LogP contribution is -2.45. The molecule has 0 aromatic carbocycles. The normalized spacial score (nSPS) is 10.9. The maximum absolute atomic E-state index is 11.8. The maximum atomic E-state index is 11.8. The van der Waals surface area contributed by atoms with Crippen LogP contribution in [0.4, 0.5) is 11.5 Å². The van der Waals surface area contributed by atoms with Crippen LogP contribution >= 0.6 is 0 Å². The van der Waals surface area contributed by atoms with E-state index in [1.165, 1.54) is 23.2 Å². The number of likely N-dealkylation sites (N-methyl/N-ethyl adjacent to an activating group) is 1. The number of hydrogen-bond acceptors (Lipinski definition) is 5. The van der Waals surface area contributed by atoms with Gasteiger partial charge in [-0.25, -0.2) is 4.98 Å². The molecule has 0 aliphatic carbocycles. The van der Waals surface area contributed by atoms with Gasteiger partial charge < -0.3 is 10.2 Å². The average molecular weight is 266 g/mol. The van der Waals surface area contributed by atoms with E-state index in [1.807, 2.05) is 20.8 Å². The number of amides is 1. The van der Waals surface area contributed by atoms with Gasteiger partial charge in [-0.05, 0) is 26.8 Å². The molecule has 0 bridgehead atoms. The van der Waals surface area contributed by atoms with Gasteiger partial charge in [0.15, 0.2) is 0 Å². The summed E-state index contributed by atoms with van der Waals surface area (Å²) < 4.78 is 0. The zero-order valence-corrected chi connectivity index (χ0v) is 11.5. The predicted molar refractivity (Wildman–Crippen MR) is 72.1 cm³/mol. The van der Waals surface area contributed by atoms with Crippen LogP contribution in [0.2, 0.25) is 0 Å². The molecule has 0 atom stereocenters. The number of rotatable bonds is 4. The first-order valence-electron chi connectivity index (χ1n) is 5.82. The highest BCUT2D eigenvalue weighted by molar-refractivity contribution is 5.82. The van der Waals surface area contributed by atoms with Crippen LogP contribution in [0.5, 0.6) is 0 Å². The summed E-state index contributed by atoms with van der Waals surface area (Å²) >= 11 is 0. The second-order valence-corrected chi connectivity index (χ2v) is 5.26. The van der Waals surface area contributed by atoms with Crippen LogP contribution in [0.25, 0.3) is 0 Å². The van der Waals surface area contributed by atoms with E-state index in [1.54, 1.807) is 7.05 Å². The standard InChI is InChI=1S/C12H18N4O3/c1-12(2,3)14-10(17)8-15(4)11-9(16(18)19)6-5-7-13-11/h5-7H,8H2,1-4H3,(H,14,17). The van der Waals surface area contributed by atoms with E-state index >= 15 is 0 Å². The number of aromatic nitrogens is 1. The Kier molecular flexibility index (Phi) is 4.42. The first-order chi connectivity index (χ1) is 8.70. The van der Waals surface area contributed by atoms with Crippen LogP contribution in [0, 0.1) is 10.1 Å². The molecule has 19 heavy (non-hydrogen) atoms. The minimum atomic E-state index is -0.513. The van der Waals surface area contributed by atoms with Gasteiger partial charge in [-0.1, -0.05) is 0 Å². The fourth-order valence-electron chi connectivity index (χ4n) is 1.57. The largest absolute Gasteiger partial charge is 0.350 e. The first-order valence-corrected chi connectivity index (χ1v) is 5.82. The zero-order valence-electron chi connectivity index (χ0n) is 11.5. The minimum Gasteiger partial charge on any atom is -0.350 e. The van der Waals surface area contributed by atoms with E-state index < -0.39 is 4.92 Å². The summed E-state index contributed by atoms with van der Waals surface area (Å²) in [4.78, 5) is 27.6. The number of carbonyl (C=O) groups excluding carboxylic acids is 1. The Morgan fingerprint density at radius 1 is 1.53 bits per heavy atom. The van der Waals surface area contributed by atoms with E-state index in [2.05, 4.69) is 10.3 Å². The summed E-state index contributed by atoms with van der Waals surface area (Å²) in [6.07, 6.45) is 1.46. The molecule has 0 fully saturated rings. The van der Waals surface area contributed by atoms with Gasteiger partial charge >= 0.3 is 5.69 Å². The van der Waals surface area contributed by atoms with Gasteiger partial charge in [0.05, 0.1) is 11.5 Å². The highest BCUT2D eigenvalue weighted by Gasteiger charge is 2.21. The summed E-state index contributed by atoms with van der Waals surface area (Å²) in [6.45, 7) is 5.62. The van der Waals surface area contributed by atoms with Crippen molar-refractivity contribution in [1.29, 1.82) is 0 Å². The molecular weight excluding hydrogens is 248 g/mol. The Morgan fingerprint density at radius 2 is 2.16 bits per heavy atom. The number of nitrogens with zero attached hydrogens (tertiary/aromatic N) is 3. The molecule has 104 valence electrons. The quantitative estimate of drug-likeness (QED) is 0.656. The number of anilines is 1. The van der Waals surface area contributed by atoms with Crippen molar-refractivity contribution in [1.82, 2.24) is 10.3 Å². The second kappa shape index (κ2) is 5.64. The van der Waals surface area contributed by atoms with Crippen LogP contribution in [0.1, 0.15) is 20.8 Å². The number of hydrogen-bond donors (Lipinski definition) is 1. The molecule has 0 radical (unpaired) electrons. The molecule has 0 unspecified atom stereocenters. The first kappa shape index (κ1) is 14.9. The van der Waals surface area contributed by atoms with Gasteiger partial charge in [-0.2, -0.15) is 0 Å². The molecule has 1 rings (SSSR count). The minimum absolute atomic E-state index is 0.00905. The Bertz CT molecular complexity index is 482. The molecule has 7 nitrogen and oxygen atoms in total. The highest BCUT2D eigenvalue weighted by Crippen LogP contribution is 2.23. The lowest BCUT2D eigenvalue weighted by Gasteiger charge is -2.23. The fraction of sp³-hybridized carbons (Fsp3) is 0.500. The topological polar surface area (TPSA) is 88.4 Å². The summed E-state index contributed by atoms with van der Waals surface area (Å²) in [5.41, 5.74) is -0.456. The summed E-state index contributed by atoms with van der Waals surface area (Å²) in [6, 6.07) is 2.85. The molecule has 1 amide bonds. The fourth-order valence-corrected chi connectivity index (χ4v) is 1.57. The molecule has 1 heterocycles. The number of nitrogens with one attached hydrogen (secondary N) is 1. The van der Waals surface area contributed by atoms with Crippen molar-refractivity contribution in [2.24, 2.45) is 0 Å². The molecule has 7 heteroatoms. The van der Waals surface area contributed by atoms with Crippen molar-refractivity contribution in [3.05, 3.63) is 28.4 Å². The van der Waals surface area contributed by atoms with Gasteiger partial charge in [0.1, 0.15) is 0 Å².